The van der Waals surface area contributed by atoms with Crippen LogP contribution in [0.4, 0.5) is 0 Å². The Kier molecular flexibility index (Phi) is 2.35. The minimum absolute atomic E-state index is 0.218. The lowest BCUT2D eigenvalue weighted by Crippen LogP contribution is -2.21. The summed E-state index contributed by atoms with van der Waals surface area (Å²) in [5.74, 6) is -0.380. The van der Waals surface area contributed by atoms with Gasteiger partial charge in [-0.15, -0.1) is 0 Å². The van der Waals surface area contributed by atoms with Crippen molar-refractivity contribution in [1.82, 2.24) is 0 Å². The van der Waals surface area contributed by atoms with E-state index < -0.39 is 11.0 Å². The Morgan fingerprint density at radius 2 is 2.33 bits per heavy atom. The lowest BCUT2D eigenvalue weighted by molar-refractivity contribution is -0.434. The van der Waals surface area contributed by atoms with Gasteiger partial charge in [0.25, 0.3) is 5.70 Å². The Labute approximate surface area is 68.5 Å². The minimum atomic E-state index is -0.710. The fraction of sp³-hybridized carbons (Fsp3) is 0.286. The van der Waals surface area contributed by atoms with Crippen LogP contribution in [-0.2, 0) is 9.53 Å². The van der Waals surface area contributed by atoms with Gasteiger partial charge < -0.3 is 4.74 Å². The molecule has 0 aromatic rings. The van der Waals surface area contributed by atoms with Crippen LogP contribution >= 0.6 is 0 Å². The largest absolute Gasteiger partial charge is 0.366 e. The Morgan fingerprint density at radius 1 is 1.67 bits per heavy atom. The maximum Gasteiger partial charge on any atom is 0.282 e. The van der Waals surface area contributed by atoms with Crippen molar-refractivity contribution in [2.45, 2.75) is 6.10 Å². The molecule has 64 valence electrons. The quantitative estimate of drug-likeness (QED) is 0.440. The Morgan fingerprint density at radius 3 is 2.83 bits per heavy atom. The normalized spacial score (nSPS) is 22.2. The van der Waals surface area contributed by atoms with Crippen molar-refractivity contribution in [3.63, 3.8) is 0 Å². The smallest absolute Gasteiger partial charge is 0.282 e. The Bertz CT molecular complexity index is 279. The van der Waals surface area contributed by atoms with Crippen LogP contribution in [0.2, 0.25) is 0 Å². The van der Waals surface area contributed by atoms with Crippen molar-refractivity contribution in [3.05, 3.63) is 34.0 Å². The number of carbonyl (C=O) groups excluding carboxylic acids is 1. The van der Waals surface area contributed by atoms with Crippen LogP contribution in [0.1, 0.15) is 0 Å². The molecule has 0 saturated heterocycles. The first-order chi connectivity index (χ1) is 5.65. The number of methoxy groups -OCH3 is 1. The van der Waals surface area contributed by atoms with Crippen molar-refractivity contribution in [1.29, 1.82) is 0 Å². The average Bonchev–Trinajstić information content (AvgIpc) is 2.04. The van der Waals surface area contributed by atoms with Crippen molar-refractivity contribution >= 4 is 5.78 Å². The maximum atomic E-state index is 10.7. The second-order valence-corrected chi connectivity index (χ2v) is 2.24. The standard InChI is InChI=1S/C7H7NO4/c1-12-7-3-2-5(9)4-6(7)8(10)11/h2-4,7H,1H3. The molecule has 0 spiro atoms. The molecule has 1 rings (SSSR count). The van der Waals surface area contributed by atoms with E-state index in [0.717, 1.165) is 6.08 Å². The van der Waals surface area contributed by atoms with Gasteiger partial charge >= 0.3 is 0 Å². The summed E-state index contributed by atoms with van der Waals surface area (Å²) in [5, 5.41) is 10.3. The molecule has 1 aliphatic rings. The topological polar surface area (TPSA) is 69.4 Å². The monoisotopic (exact) mass is 169 g/mol. The van der Waals surface area contributed by atoms with Gasteiger partial charge in [0.2, 0.25) is 0 Å². The molecular weight excluding hydrogens is 162 g/mol. The molecule has 1 unspecified atom stereocenters. The van der Waals surface area contributed by atoms with Gasteiger partial charge in [-0.1, -0.05) is 0 Å². The van der Waals surface area contributed by atoms with Crippen LogP contribution in [0, 0.1) is 10.1 Å². The van der Waals surface area contributed by atoms with E-state index in [0.29, 0.717) is 0 Å². The lowest BCUT2D eigenvalue weighted by Gasteiger charge is -2.09. The van der Waals surface area contributed by atoms with E-state index in [9.17, 15) is 14.9 Å². The number of hydrogen-bond acceptors (Lipinski definition) is 4. The number of carbonyl (C=O) groups is 1. The second-order valence-electron chi connectivity index (χ2n) is 2.24. The first-order valence-corrected chi connectivity index (χ1v) is 3.26. The zero-order chi connectivity index (χ0) is 9.14. The molecule has 0 aromatic carbocycles. The molecule has 5 heteroatoms. The molecule has 0 fully saturated rings. The number of hydrogen-bond donors (Lipinski definition) is 0. The molecule has 0 radical (unpaired) electrons. The highest BCUT2D eigenvalue weighted by Gasteiger charge is 2.25. The number of nitro groups is 1. The molecule has 0 saturated carbocycles. The summed E-state index contributed by atoms with van der Waals surface area (Å²) in [4.78, 5) is 20.4. The zero-order valence-corrected chi connectivity index (χ0v) is 6.39. The highest BCUT2D eigenvalue weighted by molar-refractivity contribution is 6.00. The summed E-state index contributed by atoms with van der Waals surface area (Å²) in [6, 6.07) is 0. The molecule has 1 aliphatic carbocycles. The molecule has 0 aromatic heterocycles. The number of nitrogens with zero attached hydrogens (tertiary/aromatic N) is 1. The molecule has 0 amide bonds. The van der Waals surface area contributed by atoms with Gasteiger partial charge in [0, 0.05) is 7.11 Å². The van der Waals surface area contributed by atoms with E-state index in [4.69, 9.17) is 4.74 Å². The number of ketones is 1. The van der Waals surface area contributed by atoms with Crippen LogP contribution < -0.4 is 0 Å². The fourth-order valence-electron chi connectivity index (χ4n) is 0.913. The highest BCUT2D eigenvalue weighted by Crippen LogP contribution is 2.13. The third-order valence-electron chi connectivity index (χ3n) is 1.48. The first kappa shape index (κ1) is 8.61. The molecule has 12 heavy (non-hydrogen) atoms. The fourth-order valence-corrected chi connectivity index (χ4v) is 0.913. The summed E-state index contributed by atoms with van der Waals surface area (Å²) in [6.07, 6.45) is 2.87. The molecule has 5 nitrogen and oxygen atoms in total. The first-order valence-electron chi connectivity index (χ1n) is 3.26. The van der Waals surface area contributed by atoms with Crippen molar-refractivity contribution < 1.29 is 14.5 Å². The SMILES string of the molecule is COC1C=CC(=O)C=C1[N+](=O)[O-]. The average molecular weight is 169 g/mol. The zero-order valence-electron chi connectivity index (χ0n) is 6.39. The number of ether oxygens (including phenoxy) is 1. The van der Waals surface area contributed by atoms with Crippen molar-refractivity contribution in [2.75, 3.05) is 7.11 Å². The third kappa shape index (κ3) is 1.57. The summed E-state index contributed by atoms with van der Waals surface area (Å²) < 4.78 is 4.76. The predicted octanol–water partition coefficient (Wildman–Crippen LogP) is 0.301. The van der Waals surface area contributed by atoms with Gasteiger partial charge in [0.05, 0.1) is 11.0 Å². The molecule has 0 aliphatic heterocycles. The summed E-state index contributed by atoms with van der Waals surface area (Å²) in [5.41, 5.74) is -0.218. The molecular formula is C7H7NO4. The van der Waals surface area contributed by atoms with Crippen molar-refractivity contribution in [3.8, 4) is 0 Å². The second kappa shape index (κ2) is 3.27. The molecule has 0 N–H and O–H groups in total. The Hall–Kier alpha value is -1.49. The van der Waals surface area contributed by atoms with E-state index in [2.05, 4.69) is 0 Å². The molecule has 0 heterocycles. The maximum absolute atomic E-state index is 10.7. The van der Waals surface area contributed by atoms with Crippen LogP contribution in [0.25, 0.3) is 0 Å². The van der Waals surface area contributed by atoms with Crippen LogP contribution in [0.5, 0.6) is 0 Å². The minimum Gasteiger partial charge on any atom is -0.366 e. The predicted molar refractivity (Wildman–Crippen MR) is 40.0 cm³/mol. The number of allylic oxidation sites excluding steroid dienone is 2. The van der Waals surface area contributed by atoms with E-state index in [1.807, 2.05) is 0 Å². The van der Waals surface area contributed by atoms with E-state index in [-0.39, 0.29) is 11.5 Å². The van der Waals surface area contributed by atoms with Gasteiger partial charge in [-0.2, -0.15) is 0 Å². The molecule has 1 atom stereocenters. The summed E-state index contributed by atoms with van der Waals surface area (Å²) in [7, 11) is 1.35. The highest BCUT2D eigenvalue weighted by atomic mass is 16.6. The van der Waals surface area contributed by atoms with Gasteiger partial charge in [0.15, 0.2) is 11.9 Å². The van der Waals surface area contributed by atoms with Crippen molar-refractivity contribution in [2.24, 2.45) is 0 Å². The Balaban J connectivity index is 2.92. The van der Waals surface area contributed by atoms with Gasteiger partial charge in [-0.3, -0.25) is 14.9 Å². The lowest BCUT2D eigenvalue weighted by atomic mass is 10.1. The van der Waals surface area contributed by atoms with E-state index in [1.54, 1.807) is 0 Å². The van der Waals surface area contributed by atoms with Gasteiger partial charge in [0.1, 0.15) is 0 Å². The van der Waals surface area contributed by atoms with E-state index in [1.165, 1.54) is 19.3 Å². The number of rotatable bonds is 2. The van der Waals surface area contributed by atoms with Crippen LogP contribution in [-0.4, -0.2) is 23.9 Å². The summed E-state index contributed by atoms with van der Waals surface area (Å²) in [6.45, 7) is 0. The molecule has 0 bridgehead atoms. The van der Waals surface area contributed by atoms with Gasteiger partial charge in [-0.05, 0) is 12.2 Å². The van der Waals surface area contributed by atoms with Crippen LogP contribution in [0.15, 0.2) is 23.9 Å². The van der Waals surface area contributed by atoms with Crippen LogP contribution in [0.3, 0.4) is 0 Å². The third-order valence-corrected chi connectivity index (χ3v) is 1.48. The van der Waals surface area contributed by atoms with E-state index >= 15 is 0 Å². The van der Waals surface area contributed by atoms with Gasteiger partial charge in [-0.25, -0.2) is 0 Å². The summed E-state index contributed by atoms with van der Waals surface area (Å²) >= 11 is 0.